The zero-order chi connectivity index (χ0) is 19.0. The highest BCUT2D eigenvalue weighted by molar-refractivity contribution is 5.98. The van der Waals surface area contributed by atoms with E-state index < -0.39 is 24.0 Å². The molecule has 1 rings (SSSR count). The third-order valence-corrected chi connectivity index (χ3v) is 4.01. The van der Waals surface area contributed by atoms with Crippen LogP contribution in [-0.4, -0.2) is 35.0 Å². The Morgan fingerprint density at radius 1 is 1.08 bits per heavy atom. The monoisotopic (exact) mass is 348 g/mol. The Morgan fingerprint density at radius 2 is 1.68 bits per heavy atom. The highest BCUT2D eigenvalue weighted by Gasteiger charge is 2.28. The minimum absolute atomic E-state index is 0.171. The molecular formula is C19H28N2O4. The van der Waals surface area contributed by atoms with Crippen molar-refractivity contribution < 1.29 is 19.5 Å². The number of rotatable bonds is 9. The number of carboxylic acids is 1. The summed E-state index contributed by atoms with van der Waals surface area (Å²) in [6.45, 7) is 7.50. The van der Waals surface area contributed by atoms with E-state index in [4.69, 9.17) is 0 Å². The summed E-state index contributed by atoms with van der Waals surface area (Å²) < 4.78 is 0. The number of hydrogen-bond acceptors (Lipinski definition) is 3. The van der Waals surface area contributed by atoms with Crippen LogP contribution in [-0.2, 0) is 9.59 Å². The molecule has 6 heteroatoms. The fourth-order valence-electron chi connectivity index (χ4n) is 2.39. The van der Waals surface area contributed by atoms with E-state index in [1.807, 2.05) is 39.8 Å². The first kappa shape index (κ1) is 20.7. The van der Waals surface area contributed by atoms with Gasteiger partial charge in [0, 0.05) is 5.56 Å². The SMILES string of the molecule is CCCCC(NC(=O)C(NC(=O)c1ccc(C)cc1)C(C)C)C(=O)O. The van der Waals surface area contributed by atoms with Crippen LogP contribution >= 0.6 is 0 Å². The summed E-state index contributed by atoms with van der Waals surface area (Å²) in [5.41, 5.74) is 1.50. The predicted octanol–water partition coefficient (Wildman–Crippen LogP) is 2.51. The van der Waals surface area contributed by atoms with E-state index in [0.29, 0.717) is 18.4 Å². The molecule has 1 aromatic carbocycles. The Labute approximate surface area is 149 Å². The van der Waals surface area contributed by atoms with Crippen molar-refractivity contribution in [3.05, 3.63) is 35.4 Å². The van der Waals surface area contributed by atoms with Crippen molar-refractivity contribution in [1.29, 1.82) is 0 Å². The number of aliphatic carboxylic acids is 1. The minimum atomic E-state index is -1.06. The first-order chi connectivity index (χ1) is 11.8. The first-order valence-electron chi connectivity index (χ1n) is 8.67. The maximum absolute atomic E-state index is 12.5. The number of carbonyl (C=O) groups excluding carboxylic acids is 2. The van der Waals surface area contributed by atoms with Gasteiger partial charge < -0.3 is 15.7 Å². The van der Waals surface area contributed by atoms with E-state index in [1.54, 1.807) is 12.1 Å². The van der Waals surface area contributed by atoms with Gasteiger partial charge in [0.25, 0.3) is 5.91 Å². The predicted molar refractivity (Wildman–Crippen MR) is 96.4 cm³/mol. The van der Waals surface area contributed by atoms with E-state index in [2.05, 4.69) is 10.6 Å². The summed E-state index contributed by atoms with van der Waals surface area (Å²) in [5.74, 6) is -2.06. The van der Waals surface area contributed by atoms with Gasteiger partial charge >= 0.3 is 5.97 Å². The fourth-order valence-corrected chi connectivity index (χ4v) is 2.39. The maximum Gasteiger partial charge on any atom is 0.326 e. The second kappa shape index (κ2) is 9.81. The Bertz CT molecular complexity index is 596. The summed E-state index contributed by atoms with van der Waals surface area (Å²) in [7, 11) is 0. The van der Waals surface area contributed by atoms with Crippen molar-refractivity contribution in [1.82, 2.24) is 10.6 Å². The molecule has 2 unspecified atom stereocenters. The smallest absolute Gasteiger partial charge is 0.326 e. The van der Waals surface area contributed by atoms with Crippen LogP contribution in [0.15, 0.2) is 24.3 Å². The van der Waals surface area contributed by atoms with E-state index in [9.17, 15) is 19.5 Å². The normalized spacial score (nSPS) is 13.2. The molecule has 0 radical (unpaired) electrons. The van der Waals surface area contributed by atoms with Gasteiger partial charge in [-0.1, -0.05) is 51.3 Å². The van der Waals surface area contributed by atoms with Gasteiger partial charge in [0.15, 0.2) is 0 Å². The Hall–Kier alpha value is -2.37. The van der Waals surface area contributed by atoms with Crippen molar-refractivity contribution >= 4 is 17.8 Å². The number of carboxylic acid groups (broad SMARTS) is 1. The van der Waals surface area contributed by atoms with E-state index in [-0.39, 0.29) is 11.8 Å². The van der Waals surface area contributed by atoms with Gasteiger partial charge in [-0.3, -0.25) is 9.59 Å². The number of benzene rings is 1. The zero-order valence-corrected chi connectivity index (χ0v) is 15.3. The highest BCUT2D eigenvalue weighted by atomic mass is 16.4. The molecular weight excluding hydrogens is 320 g/mol. The lowest BCUT2D eigenvalue weighted by Crippen LogP contribution is -2.53. The highest BCUT2D eigenvalue weighted by Crippen LogP contribution is 2.08. The van der Waals surface area contributed by atoms with Crippen LogP contribution in [0.25, 0.3) is 0 Å². The number of unbranched alkanes of at least 4 members (excludes halogenated alkanes) is 1. The van der Waals surface area contributed by atoms with Crippen molar-refractivity contribution in [2.75, 3.05) is 0 Å². The van der Waals surface area contributed by atoms with Crippen LogP contribution in [0.4, 0.5) is 0 Å². The second-order valence-electron chi connectivity index (χ2n) is 6.60. The van der Waals surface area contributed by atoms with Crippen LogP contribution in [0.5, 0.6) is 0 Å². The molecule has 0 heterocycles. The zero-order valence-electron chi connectivity index (χ0n) is 15.3. The van der Waals surface area contributed by atoms with Crippen molar-refractivity contribution in [3.63, 3.8) is 0 Å². The molecule has 0 aliphatic heterocycles. The number of amides is 2. The molecule has 138 valence electrons. The summed E-state index contributed by atoms with van der Waals surface area (Å²) in [6, 6.07) is 5.31. The number of aryl methyl sites for hydroxylation is 1. The standard InChI is InChI=1S/C19H28N2O4/c1-5-6-7-15(19(24)25)20-18(23)16(12(2)3)21-17(22)14-10-8-13(4)9-11-14/h8-12,15-16H,5-7H2,1-4H3,(H,20,23)(H,21,22)(H,24,25). The third-order valence-electron chi connectivity index (χ3n) is 4.01. The molecule has 0 saturated carbocycles. The molecule has 0 spiro atoms. The van der Waals surface area contributed by atoms with Gasteiger partial charge in [0.05, 0.1) is 0 Å². The molecule has 0 aliphatic rings. The fraction of sp³-hybridized carbons (Fsp3) is 0.526. The van der Waals surface area contributed by atoms with Crippen LogP contribution < -0.4 is 10.6 Å². The minimum Gasteiger partial charge on any atom is -0.480 e. The second-order valence-corrected chi connectivity index (χ2v) is 6.60. The van der Waals surface area contributed by atoms with Gasteiger partial charge in [-0.15, -0.1) is 0 Å². The van der Waals surface area contributed by atoms with Crippen molar-refractivity contribution in [3.8, 4) is 0 Å². The van der Waals surface area contributed by atoms with Gasteiger partial charge in [0.1, 0.15) is 12.1 Å². The first-order valence-corrected chi connectivity index (χ1v) is 8.67. The summed E-state index contributed by atoms with van der Waals surface area (Å²) in [4.78, 5) is 36.2. The third kappa shape index (κ3) is 6.57. The molecule has 2 amide bonds. The number of carbonyl (C=O) groups is 3. The summed E-state index contributed by atoms with van der Waals surface area (Å²) in [6.07, 6.45) is 1.92. The molecule has 0 fully saturated rings. The lowest BCUT2D eigenvalue weighted by molar-refractivity contribution is -0.142. The summed E-state index contributed by atoms with van der Waals surface area (Å²) >= 11 is 0. The number of nitrogens with one attached hydrogen (secondary N) is 2. The van der Waals surface area contributed by atoms with Gasteiger partial charge in [0.2, 0.25) is 5.91 Å². The van der Waals surface area contributed by atoms with E-state index >= 15 is 0 Å². The topological polar surface area (TPSA) is 95.5 Å². The molecule has 25 heavy (non-hydrogen) atoms. The van der Waals surface area contributed by atoms with Crippen LogP contribution in [0, 0.1) is 12.8 Å². The molecule has 0 saturated heterocycles. The van der Waals surface area contributed by atoms with Gasteiger partial charge in [-0.2, -0.15) is 0 Å². The molecule has 6 nitrogen and oxygen atoms in total. The summed E-state index contributed by atoms with van der Waals surface area (Å²) in [5, 5.41) is 14.5. The van der Waals surface area contributed by atoms with E-state index in [1.165, 1.54) is 0 Å². The van der Waals surface area contributed by atoms with Crippen molar-refractivity contribution in [2.24, 2.45) is 5.92 Å². The molecule has 2 atom stereocenters. The molecule has 1 aromatic rings. The quantitative estimate of drug-likeness (QED) is 0.639. The average Bonchev–Trinajstić information content (AvgIpc) is 2.56. The van der Waals surface area contributed by atoms with Crippen molar-refractivity contribution in [2.45, 2.75) is 59.0 Å². The molecule has 3 N–H and O–H groups in total. The van der Waals surface area contributed by atoms with Gasteiger partial charge in [-0.25, -0.2) is 4.79 Å². The lowest BCUT2D eigenvalue weighted by atomic mass is 10.0. The lowest BCUT2D eigenvalue weighted by Gasteiger charge is -2.24. The van der Waals surface area contributed by atoms with Gasteiger partial charge in [-0.05, 0) is 31.4 Å². The average molecular weight is 348 g/mol. The maximum atomic E-state index is 12.5. The molecule has 0 aromatic heterocycles. The Balaban J connectivity index is 2.80. The van der Waals surface area contributed by atoms with Crippen LogP contribution in [0.1, 0.15) is 56.0 Å². The van der Waals surface area contributed by atoms with Crippen LogP contribution in [0.3, 0.4) is 0 Å². The number of hydrogen-bond donors (Lipinski definition) is 3. The largest absolute Gasteiger partial charge is 0.480 e. The van der Waals surface area contributed by atoms with Crippen LogP contribution in [0.2, 0.25) is 0 Å². The Morgan fingerprint density at radius 3 is 2.16 bits per heavy atom. The Kier molecular flexibility index (Phi) is 8.11. The molecule has 0 bridgehead atoms. The molecule has 0 aliphatic carbocycles. The van der Waals surface area contributed by atoms with E-state index in [0.717, 1.165) is 12.0 Å².